The normalized spacial score (nSPS) is 12.3. The molecular weight excluding hydrogens is 452 g/mol. The monoisotopic (exact) mass is 474 g/mol. The van der Waals surface area contributed by atoms with Crippen molar-refractivity contribution in [2.75, 3.05) is 5.32 Å². The molecule has 0 atom stereocenters. The number of nitrogens with one attached hydrogen (secondary N) is 2. The van der Waals surface area contributed by atoms with Crippen LogP contribution in [0.15, 0.2) is 85.5 Å². The van der Waals surface area contributed by atoms with Gasteiger partial charge in [-0.1, -0.05) is 30.3 Å². The third-order valence-corrected chi connectivity index (χ3v) is 6.09. The van der Waals surface area contributed by atoms with E-state index >= 15 is 0 Å². The molecule has 0 saturated heterocycles. The summed E-state index contributed by atoms with van der Waals surface area (Å²) in [6, 6.07) is 19.4. The molecule has 0 fully saturated rings. The van der Waals surface area contributed by atoms with Gasteiger partial charge in [0.15, 0.2) is 11.6 Å². The lowest BCUT2D eigenvalue weighted by Gasteiger charge is -2.12. The van der Waals surface area contributed by atoms with Gasteiger partial charge in [-0.05, 0) is 41.5 Å². The van der Waals surface area contributed by atoms with Crippen LogP contribution < -0.4 is 5.32 Å². The van der Waals surface area contributed by atoms with Crippen LogP contribution in [0.4, 0.5) is 11.5 Å². The number of anilines is 2. The van der Waals surface area contributed by atoms with Gasteiger partial charge in [0.05, 0.1) is 25.1 Å². The molecule has 2 aromatic carbocycles. The highest BCUT2D eigenvalue weighted by atomic mass is 16.5. The quantitative estimate of drug-likeness (QED) is 0.315. The summed E-state index contributed by atoms with van der Waals surface area (Å²) in [6.45, 7) is 0.906. The minimum atomic E-state index is 0.0183. The molecule has 3 aromatic heterocycles. The van der Waals surface area contributed by atoms with Gasteiger partial charge in [-0.25, -0.2) is 9.97 Å². The predicted octanol–water partition coefficient (Wildman–Crippen LogP) is 5.13. The van der Waals surface area contributed by atoms with Gasteiger partial charge >= 0.3 is 0 Å². The number of pyridine rings is 1. The lowest BCUT2D eigenvalue weighted by Crippen LogP contribution is -2.05. The van der Waals surface area contributed by atoms with Crippen LogP contribution in [-0.4, -0.2) is 30.9 Å². The Morgan fingerprint density at radius 3 is 2.67 bits per heavy atom. The van der Waals surface area contributed by atoms with Gasteiger partial charge in [0.1, 0.15) is 5.82 Å². The zero-order valence-corrected chi connectivity index (χ0v) is 19.3. The topological polar surface area (TPSA) is 106 Å². The van der Waals surface area contributed by atoms with E-state index in [1.165, 1.54) is 0 Å². The second-order valence-corrected chi connectivity index (χ2v) is 8.55. The number of ether oxygens (including phenoxy) is 1. The van der Waals surface area contributed by atoms with Crippen molar-refractivity contribution in [3.63, 3.8) is 0 Å². The first kappa shape index (κ1) is 21.8. The SMILES string of the molecule is O=C(Cc1cccc(-c2nc3c(c(Nc4ccc(-c5cn[nH]c5)cc4)n2)COC3)c1)c1cccnc1. The van der Waals surface area contributed by atoms with Crippen LogP contribution in [0.25, 0.3) is 22.5 Å². The number of H-pyrrole nitrogens is 1. The first-order valence-corrected chi connectivity index (χ1v) is 11.6. The zero-order valence-electron chi connectivity index (χ0n) is 19.3. The van der Waals surface area contributed by atoms with Gasteiger partial charge in [0.25, 0.3) is 0 Å². The number of nitrogens with zero attached hydrogens (tertiary/aromatic N) is 4. The Balaban J connectivity index is 1.28. The largest absolute Gasteiger partial charge is 0.370 e. The van der Waals surface area contributed by atoms with Gasteiger partial charge in [0, 0.05) is 53.0 Å². The van der Waals surface area contributed by atoms with Crippen molar-refractivity contribution >= 4 is 17.3 Å². The molecule has 1 aliphatic heterocycles. The van der Waals surface area contributed by atoms with Gasteiger partial charge in [0.2, 0.25) is 0 Å². The van der Waals surface area contributed by atoms with Gasteiger partial charge in [-0.15, -0.1) is 0 Å². The highest BCUT2D eigenvalue weighted by molar-refractivity contribution is 5.97. The molecule has 8 nitrogen and oxygen atoms in total. The molecule has 0 saturated carbocycles. The predicted molar refractivity (Wildman–Crippen MR) is 136 cm³/mol. The Kier molecular flexibility index (Phi) is 5.77. The molecule has 36 heavy (non-hydrogen) atoms. The maximum Gasteiger partial charge on any atom is 0.168 e. The Morgan fingerprint density at radius 2 is 1.86 bits per heavy atom. The zero-order chi connectivity index (χ0) is 24.3. The molecule has 2 N–H and O–H groups in total. The van der Waals surface area contributed by atoms with Crippen LogP contribution in [-0.2, 0) is 24.4 Å². The van der Waals surface area contributed by atoms with Crippen LogP contribution in [0.5, 0.6) is 0 Å². The number of ketones is 1. The minimum absolute atomic E-state index is 0.0183. The number of hydrogen-bond donors (Lipinski definition) is 2. The summed E-state index contributed by atoms with van der Waals surface area (Å²) in [4.78, 5) is 26.3. The van der Waals surface area contributed by atoms with Gasteiger partial charge < -0.3 is 10.1 Å². The molecule has 0 amide bonds. The molecule has 0 unspecified atom stereocenters. The average Bonchev–Trinajstić information content (AvgIpc) is 3.63. The van der Waals surface area contributed by atoms with Crippen LogP contribution in [0.3, 0.4) is 0 Å². The fourth-order valence-corrected chi connectivity index (χ4v) is 4.21. The fraction of sp³-hybridized carbons (Fsp3) is 0.107. The molecule has 0 spiro atoms. The number of hydrogen-bond acceptors (Lipinski definition) is 7. The summed E-state index contributed by atoms with van der Waals surface area (Å²) in [6.07, 6.45) is 7.19. The smallest absolute Gasteiger partial charge is 0.168 e. The highest BCUT2D eigenvalue weighted by Gasteiger charge is 2.21. The summed E-state index contributed by atoms with van der Waals surface area (Å²) < 4.78 is 5.67. The van der Waals surface area contributed by atoms with Crippen molar-refractivity contribution < 1.29 is 9.53 Å². The lowest BCUT2D eigenvalue weighted by molar-refractivity contribution is 0.0992. The van der Waals surface area contributed by atoms with Gasteiger partial charge in [-0.3, -0.25) is 14.9 Å². The number of aromatic nitrogens is 5. The second kappa shape index (κ2) is 9.52. The maximum atomic E-state index is 12.7. The van der Waals surface area contributed by atoms with E-state index in [1.807, 2.05) is 54.7 Å². The summed E-state index contributed by atoms with van der Waals surface area (Å²) in [7, 11) is 0. The van der Waals surface area contributed by atoms with Crippen molar-refractivity contribution in [3.05, 3.63) is 108 Å². The third-order valence-electron chi connectivity index (χ3n) is 6.09. The molecule has 176 valence electrons. The minimum Gasteiger partial charge on any atom is -0.370 e. The van der Waals surface area contributed by atoms with Crippen molar-refractivity contribution in [2.45, 2.75) is 19.6 Å². The number of aromatic amines is 1. The Labute approximate surface area is 207 Å². The molecule has 6 rings (SSSR count). The molecule has 5 aromatic rings. The van der Waals surface area contributed by atoms with Crippen molar-refractivity contribution in [2.24, 2.45) is 0 Å². The van der Waals surface area contributed by atoms with E-state index in [0.717, 1.165) is 45.0 Å². The first-order valence-electron chi connectivity index (χ1n) is 11.6. The number of fused-ring (bicyclic) bond motifs is 1. The van der Waals surface area contributed by atoms with Crippen LogP contribution >= 0.6 is 0 Å². The molecule has 8 heteroatoms. The first-order chi connectivity index (χ1) is 17.7. The number of carbonyl (C=O) groups excluding carboxylic acids is 1. The van der Waals surface area contributed by atoms with E-state index in [-0.39, 0.29) is 12.2 Å². The summed E-state index contributed by atoms with van der Waals surface area (Å²) >= 11 is 0. The average molecular weight is 475 g/mol. The standard InChI is InChI=1S/C28H22N6O2/c35-26(21-5-2-10-29-13-21)12-18-3-1-4-20(11-18)27-33-25-17-36-16-24(25)28(34-27)32-23-8-6-19(7-9-23)22-14-30-31-15-22/h1-11,13-15H,12,16-17H2,(H,30,31)(H,32,33,34). The molecule has 0 bridgehead atoms. The van der Waals surface area contributed by atoms with E-state index < -0.39 is 0 Å². The molecule has 0 aliphatic carbocycles. The van der Waals surface area contributed by atoms with Crippen LogP contribution in [0, 0.1) is 0 Å². The number of carbonyl (C=O) groups is 1. The van der Waals surface area contributed by atoms with Crippen molar-refractivity contribution in [3.8, 4) is 22.5 Å². The van der Waals surface area contributed by atoms with Crippen LogP contribution in [0.2, 0.25) is 0 Å². The third kappa shape index (κ3) is 4.49. The number of rotatable bonds is 7. The molecule has 0 radical (unpaired) electrons. The Morgan fingerprint density at radius 1 is 0.944 bits per heavy atom. The molecular formula is C28H22N6O2. The fourth-order valence-electron chi connectivity index (χ4n) is 4.21. The van der Waals surface area contributed by atoms with E-state index in [1.54, 1.807) is 30.7 Å². The second-order valence-electron chi connectivity index (χ2n) is 8.55. The van der Waals surface area contributed by atoms with E-state index in [2.05, 4.69) is 20.5 Å². The van der Waals surface area contributed by atoms with Crippen LogP contribution in [0.1, 0.15) is 27.2 Å². The van der Waals surface area contributed by atoms with Gasteiger partial charge in [-0.2, -0.15) is 5.10 Å². The molecule has 1 aliphatic rings. The summed E-state index contributed by atoms with van der Waals surface area (Å²) in [5.41, 5.74) is 7.18. The summed E-state index contributed by atoms with van der Waals surface area (Å²) in [5.74, 6) is 1.33. The Bertz CT molecular complexity index is 1520. The van der Waals surface area contributed by atoms with Crippen molar-refractivity contribution in [1.82, 2.24) is 25.1 Å². The van der Waals surface area contributed by atoms with E-state index in [9.17, 15) is 4.79 Å². The highest BCUT2D eigenvalue weighted by Crippen LogP contribution is 2.31. The lowest BCUT2D eigenvalue weighted by atomic mass is 10.0. The summed E-state index contributed by atoms with van der Waals surface area (Å²) in [5, 5.41) is 10.3. The van der Waals surface area contributed by atoms with E-state index in [0.29, 0.717) is 24.6 Å². The Hall–Kier alpha value is -4.69. The number of Topliss-reactive ketones (excluding diaryl/α,β-unsaturated/α-hetero) is 1. The van der Waals surface area contributed by atoms with Crippen molar-refractivity contribution in [1.29, 1.82) is 0 Å². The molecule has 4 heterocycles. The number of benzene rings is 2. The van der Waals surface area contributed by atoms with E-state index in [4.69, 9.17) is 14.7 Å². The maximum absolute atomic E-state index is 12.7.